The lowest BCUT2D eigenvalue weighted by Crippen LogP contribution is -2.40. The summed E-state index contributed by atoms with van der Waals surface area (Å²) < 4.78 is 39.6. The van der Waals surface area contributed by atoms with Gasteiger partial charge in [0, 0.05) is 32.1 Å². The van der Waals surface area contributed by atoms with Crippen molar-refractivity contribution in [3.8, 4) is 0 Å². The second-order valence-corrected chi connectivity index (χ2v) is 8.51. The largest absolute Gasteiger partial charge is 0.416 e. The zero-order valence-electron chi connectivity index (χ0n) is 16.4. The maximum atomic E-state index is 13.2. The molecule has 1 aliphatic heterocycles. The number of benzene rings is 1. The lowest BCUT2D eigenvalue weighted by molar-refractivity contribution is -0.137. The molecule has 0 bridgehead atoms. The zero-order chi connectivity index (χ0) is 21.3. The Bertz CT molecular complexity index is 880. The summed E-state index contributed by atoms with van der Waals surface area (Å²) in [6, 6.07) is 8.51. The molecule has 0 aliphatic carbocycles. The Kier molecular flexibility index (Phi) is 6.03. The fourth-order valence-corrected chi connectivity index (χ4v) is 4.27. The number of hydrogen-bond acceptors (Lipinski definition) is 3. The van der Waals surface area contributed by atoms with Gasteiger partial charge in [-0.1, -0.05) is 24.3 Å². The van der Waals surface area contributed by atoms with E-state index in [4.69, 9.17) is 0 Å². The van der Waals surface area contributed by atoms with Crippen LogP contribution in [-0.2, 0) is 11.0 Å². The lowest BCUT2D eigenvalue weighted by atomic mass is 9.87. The van der Waals surface area contributed by atoms with Crippen molar-refractivity contribution in [1.29, 1.82) is 0 Å². The molecule has 1 fully saturated rings. The van der Waals surface area contributed by atoms with Crippen LogP contribution in [0.4, 0.5) is 13.2 Å². The Morgan fingerprint density at radius 3 is 2.48 bits per heavy atom. The van der Waals surface area contributed by atoms with E-state index in [0.717, 1.165) is 12.1 Å². The molecule has 2 atom stereocenters. The molecule has 1 saturated heterocycles. The quantitative estimate of drug-likeness (QED) is 0.726. The van der Waals surface area contributed by atoms with Crippen LogP contribution in [0.15, 0.2) is 41.8 Å². The summed E-state index contributed by atoms with van der Waals surface area (Å²) in [5.41, 5.74) is -0.321. The van der Waals surface area contributed by atoms with E-state index in [2.05, 4.69) is 0 Å². The molecule has 0 unspecified atom stereocenters. The predicted molar refractivity (Wildman–Crippen MR) is 106 cm³/mol. The van der Waals surface area contributed by atoms with Gasteiger partial charge in [0.25, 0.3) is 5.91 Å². The number of hydrogen-bond donors (Lipinski definition) is 0. The molecule has 0 saturated carbocycles. The molecule has 2 heterocycles. The van der Waals surface area contributed by atoms with Crippen molar-refractivity contribution in [3.05, 3.63) is 57.8 Å². The molecule has 0 radical (unpaired) electrons. The van der Waals surface area contributed by atoms with Crippen LogP contribution in [0.3, 0.4) is 0 Å². The van der Waals surface area contributed by atoms with Crippen molar-refractivity contribution in [1.82, 2.24) is 9.80 Å². The maximum Gasteiger partial charge on any atom is 0.416 e. The van der Waals surface area contributed by atoms with Crippen molar-refractivity contribution in [3.63, 3.8) is 0 Å². The molecule has 4 nitrogen and oxygen atoms in total. The van der Waals surface area contributed by atoms with Crippen molar-refractivity contribution < 1.29 is 22.8 Å². The van der Waals surface area contributed by atoms with Gasteiger partial charge in [-0.15, -0.1) is 11.3 Å². The van der Waals surface area contributed by atoms with Crippen molar-refractivity contribution in [2.45, 2.75) is 32.0 Å². The number of carbonyl (C=O) groups excluding carboxylic acids is 2. The first kappa shape index (κ1) is 21.4. The number of amides is 2. The van der Waals surface area contributed by atoms with Crippen LogP contribution in [0.5, 0.6) is 0 Å². The van der Waals surface area contributed by atoms with Crippen LogP contribution in [0.2, 0.25) is 0 Å². The second kappa shape index (κ2) is 8.18. The summed E-state index contributed by atoms with van der Waals surface area (Å²) in [6.45, 7) is 4.15. The van der Waals surface area contributed by atoms with Gasteiger partial charge in [-0.05, 0) is 36.9 Å². The molecule has 1 aromatic heterocycles. The van der Waals surface area contributed by atoms with Gasteiger partial charge in [0.1, 0.15) is 0 Å². The van der Waals surface area contributed by atoms with E-state index in [-0.39, 0.29) is 30.9 Å². The van der Waals surface area contributed by atoms with Crippen LogP contribution >= 0.6 is 11.3 Å². The standard InChI is InChI=1S/C21H23F3N2O2S/c1-13(2)25(3)19(27)17-12-26(20(28)18-8-5-9-29-18)11-16(17)14-6-4-7-15(10-14)21(22,23)24/h4-10,13,16-17H,11-12H2,1-3H3/t16-,17+/m0/s1. The molecular formula is C21H23F3N2O2S. The molecule has 0 N–H and O–H groups in total. The maximum absolute atomic E-state index is 13.2. The highest BCUT2D eigenvalue weighted by Gasteiger charge is 2.43. The molecule has 3 rings (SSSR count). The van der Waals surface area contributed by atoms with E-state index in [1.54, 1.807) is 40.4 Å². The highest BCUT2D eigenvalue weighted by molar-refractivity contribution is 7.12. The van der Waals surface area contributed by atoms with E-state index < -0.39 is 23.6 Å². The fourth-order valence-electron chi connectivity index (χ4n) is 3.58. The highest BCUT2D eigenvalue weighted by atomic mass is 32.1. The number of rotatable bonds is 4. The monoisotopic (exact) mass is 424 g/mol. The minimum atomic E-state index is -4.46. The van der Waals surface area contributed by atoms with Gasteiger partial charge in [0.15, 0.2) is 0 Å². The third-order valence-electron chi connectivity index (χ3n) is 5.42. The summed E-state index contributed by atoms with van der Waals surface area (Å²) in [5, 5.41) is 1.79. The van der Waals surface area contributed by atoms with E-state index in [1.165, 1.54) is 17.4 Å². The number of halogens is 3. The summed E-state index contributed by atoms with van der Waals surface area (Å²) >= 11 is 1.31. The second-order valence-electron chi connectivity index (χ2n) is 7.57. The van der Waals surface area contributed by atoms with Crippen LogP contribution in [0.25, 0.3) is 0 Å². The number of alkyl halides is 3. The number of likely N-dealkylation sites (tertiary alicyclic amines) is 1. The van der Waals surface area contributed by atoms with E-state index in [0.29, 0.717) is 10.4 Å². The summed E-state index contributed by atoms with van der Waals surface area (Å²) in [4.78, 5) is 29.6. The fraction of sp³-hybridized carbons (Fsp3) is 0.429. The minimum absolute atomic E-state index is 0.0493. The third-order valence-corrected chi connectivity index (χ3v) is 6.28. The van der Waals surface area contributed by atoms with E-state index >= 15 is 0 Å². The molecule has 2 amide bonds. The molecule has 0 spiro atoms. The minimum Gasteiger partial charge on any atom is -0.343 e. The smallest absolute Gasteiger partial charge is 0.343 e. The summed E-state index contributed by atoms with van der Waals surface area (Å²) in [5.74, 6) is -1.44. The number of carbonyl (C=O) groups is 2. The first-order valence-corrected chi connectivity index (χ1v) is 10.2. The third kappa shape index (κ3) is 4.47. The Morgan fingerprint density at radius 2 is 1.90 bits per heavy atom. The first-order chi connectivity index (χ1) is 13.6. The lowest BCUT2D eigenvalue weighted by Gasteiger charge is -2.27. The number of thiophene rings is 1. The van der Waals surface area contributed by atoms with Gasteiger partial charge in [-0.3, -0.25) is 9.59 Å². The summed E-state index contributed by atoms with van der Waals surface area (Å²) in [7, 11) is 1.68. The molecule has 1 aliphatic rings. The first-order valence-electron chi connectivity index (χ1n) is 9.36. The van der Waals surface area contributed by atoms with Gasteiger partial charge < -0.3 is 9.80 Å². The van der Waals surface area contributed by atoms with Crippen LogP contribution in [-0.4, -0.2) is 47.8 Å². The SMILES string of the molecule is CC(C)N(C)C(=O)[C@@H]1CN(C(=O)c2cccs2)C[C@H]1c1cccc(C(F)(F)F)c1. The molecule has 156 valence electrons. The average molecular weight is 424 g/mol. The van der Waals surface area contributed by atoms with Crippen molar-refractivity contribution >= 4 is 23.2 Å². The van der Waals surface area contributed by atoms with Crippen LogP contribution in [0, 0.1) is 5.92 Å². The predicted octanol–water partition coefficient (Wildman–Crippen LogP) is 4.49. The average Bonchev–Trinajstić information content (AvgIpc) is 3.35. The highest BCUT2D eigenvalue weighted by Crippen LogP contribution is 2.38. The van der Waals surface area contributed by atoms with Gasteiger partial charge in [0.2, 0.25) is 5.91 Å². The Balaban J connectivity index is 1.95. The Labute approximate surface area is 171 Å². The normalized spacial score (nSPS) is 19.6. The van der Waals surface area contributed by atoms with Crippen LogP contribution in [0.1, 0.15) is 40.6 Å². The van der Waals surface area contributed by atoms with Gasteiger partial charge >= 0.3 is 6.18 Å². The molecule has 1 aromatic carbocycles. The van der Waals surface area contributed by atoms with Gasteiger partial charge in [-0.2, -0.15) is 13.2 Å². The van der Waals surface area contributed by atoms with E-state index in [1.807, 2.05) is 13.8 Å². The van der Waals surface area contributed by atoms with E-state index in [9.17, 15) is 22.8 Å². The Morgan fingerprint density at radius 1 is 1.17 bits per heavy atom. The number of nitrogens with zero attached hydrogens (tertiary/aromatic N) is 2. The molecule has 29 heavy (non-hydrogen) atoms. The van der Waals surface area contributed by atoms with Gasteiger partial charge in [-0.25, -0.2) is 0 Å². The van der Waals surface area contributed by atoms with Crippen molar-refractivity contribution in [2.75, 3.05) is 20.1 Å². The molecule has 8 heteroatoms. The Hall–Kier alpha value is -2.35. The summed E-state index contributed by atoms with van der Waals surface area (Å²) in [6.07, 6.45) is -4.46. The molecule has 2 aromatic rings. The van der Waals surface area contributed by atoms with Gasteiger partial charge in [0.05, 0.1) is 16.4 Å². The topological polar surface area (TPSA) is 40.6 Å². The molecular weight excluding hydrogens is 401 g/mol. The van der Waals surface area contributed by atoms with Crippen LogP contribution < -0.4 is 0 Å². The zero-order valence-corrected chi connectivity index (χ0v) is 17.3. The van der Waals surface area contributed by atoms with Crippen molar-refractivity contribution in [2.24, 2.45) is 5.92 Å².